The second-order valence-electron chi connectivity index (χ2n) is 1.95. The van der Waals surface area contributed by atoms with E-state index in [9.17, 15) is 5.21 Å². The highest BCUT2D eigenvalue weighted by Gasteiger charge is 2.04. The highest BCUT2D eigenvalue weighted by molar-refractivity contribution is 6.33. The summed E-state index contributed by atoms with van der Waals surface area (Å²) in [5, 5.41) is 11.3. The Morgan fingerprint density at radius 2 is 2.10 bits per heavy atom. The van der Waals surface area contributed by atoms with Crippen molar-refractivity contribution in [3.05, 3.63) is 33.2 Å². The van der Waals surface area contributed by atoms with E-state index in [0.717, 1.165) is 5.56 Å². The number of hydrogen-bond donors (Lipinski definition) is 0. The zero-order valence-corrected chi connectivity index (χ0v) is 6.78. The van der Waals surface area contributed by atoms with E-state index < -0.39 is 0 Å². The van der Waals surface area contributed by atoms with E-state index in [2.05, 4.69) is 0 Å². The van der Waals surface area contributed by atoms with Crippen molar-refractivity contribution >= 4 is 23.2 Å². The lowest BCUT2D eigenvalue weighted by Gasteiger charge is -1.99. The smallest absolute Gasteiger partial charge is 0.287 e. The summed E-state index contributed by atoms with van der Waals surface area (Å²) in [7, 11) is 0. The molecule has 0 aliphatic heterocycles. The summed E-state index contributed by atoms with van der Waals surface area (Å²) in [5.41, 5.74) is 0.723. The molecule has 0 saturated carbocycles. The third-order valence-corrected chi connectivity index (χ3v) is 1.83. The van der Waals surface area contributed by atoms with Crippen LogP contribution in [0.4, 0.5) is 0 Å². The van der Waals surface area contributed by atoms with Crippen molar-refractivity contribution in [2.75, 3.05) is 0 Å². The van der Waals surface area contributed by atoms with Gasteiger partial charge in [0.15, 0.2) is 6.20 Å². The largest absolute Gasteiger partial charge is 0.618 e. The van der Waals surface area contributed by atoms with Crippen LogP contribution in [0.2, 0.25) is 10.2 Å². The molecule has 0 radical (unpaired) electrons. The summed E-state index contributed by atoms with van der Waals surface area (Å²) >= 11 is 11.1. The van der Waals surface area contributed by atoms with Crippen LogP contribution >= 0.6 is 23.2 Å². The molecule has 0 saturated heterocycles. The molecule has 0 N–H and O–H groups in total. The maximum Gasteiger partial charge on any atom is 0.287 e. The monoisotopic (exact) mass is 177 g/mol. The van der Waals surface area contributed by atoms with Crippen molar-refractivity contribution in [3.63, 3.8) is 0 Å². The minimum Gasteiger partial charge on any atom is -0.618 e. The molecule has 1 aromatic heterocycles. The van der Waals surface area contributed by atoms with Gasteiger partial charge in [-0.2, -0.15) is 4.73 Å². The molecule has 0 bridgehead atoms. The normalized spacial score (nSPS) is 9.90. The van der Waals surface area contributed by atoms with E-state index in [0.29, 0.717) is 9.75 Å². The maximum absolute atomic E-state index is 10.7. The van der Waals surface area contributed by atoms with Crippen molar-refractivity contribution in [3.8, 4) is 0 Å². The molecule has 2 nitrogen and oxygen atoms in total. The summed E-state index contributed by atoms with van der Waals surface area (Å²) in [5.74, 6) is 0. The van der Waals surface area contributed by atoms with Crippen LogP contribution in [0.5, 0.6) is 0 Å². The number of pyridine rings is 1. The Hall–Kier alpha value is -0.470. The van der Waals surface area contributed by atoms with E-state index >= 15 is 0 Å². The van der Waals surface area contributed by atoms with Gasteiger partial charge in [-0.15, -0.1) is 0 Å². The van der Waals surface area contributed by atoms with Gasteiger partial charge in [-0.25, -0.2) is 0 Å². The SMILES string of the molecule is Cc1c[n+]([O-])c(Cl)cc1Cl. The molecule has 0 aliphatic carbocycles. The van der Waals surface area contributed by atoms with Crippen LogP contribution in [0, 0.1) is 12.1 Å². The van der Waals surface area contributed by atoms with Gasteiger partial charge in [-0.05, 0) is 18.5 Å². The molecule has 0 atom stereocenters. The molecular formula is C6H5Cl2NO. The molecule has 1 aromatic rings. The minimum atomic E-state index is 0.0931. The van der Waals surface area contributed by atoms with Gasteiger partial charge < -0.3 is 5.21 Å². The van der Waals surface area contributed by atoms with Gasteiger partial charge in [0.05, 0.1) is 5.02 Å². The molecule has 0 unspecified atom stereocenters. The van der Waals surface area contributed by atoms with Crippen LogP contribution in [0.15, 0.2) is 12.3 Å². The van der Waals surface area contributed by atoms with Gasteiger partial charge in [-0.1, -0.05) is 11.6 Å². The lowest BCUT2D eigenvalue weighted by Crippen LogP contribution is -2.27. The van der Waals surface area contributed by atoms with E-state index in [-0.39, 0.29) is 5.15 Å². The Kier molecular flexibility index (Phi) is 2.02. The summed E-state index contributed by atoms with van der Waals surface area (Å²) in [4.78, 5) is 0. The summed E-state index contributed by atoms with van der Waals surface area (Å²) in [6.07, 6.45) is 1.34. The third-order valence-electron chi connectivity index (χ3n) is 1.14. The summed E-state index contributed by atoms with van der Waals surface area (Å²) < 4.78 is 0.572. The number of halogens is 2. The van der Waals surface area contributed by atoms with Crippen LogP contribution in [0.1, 0.15) is 5.56 Å². The highest BCUT2D eigenvalue weighted by atomic mass is 35.5. The fraction of sp³-hybridized carbons (Fsp3) is 0.167. The first-order chi connectivity index (χ1) is 4.61. The van der Waals surface area contributed by atoms with E-state index in [1.54, 1.807) is 6.92 Å². The Bertz CT molecular complexity index is 212. The van der Waals surface area contributed by atoms with Crippen molar-refractivity contribution in [1.29, 1.82) is 0 Å². The van der Waals surface area contributed by atoms with Crippen LogP contribution in [0.25, 0.3) is 0 Å². The average molecular weight is 178 g/mol. The first kappa shape index (κ1) is 7.63. The topological polar surface area (TPSA) is 26.9 Å². The third kappa shape index (κ3) is 1.33. The quantitative estimate of drug-likeness (QED) is 0.338. The zero-order valence-electron chi connectivity index (χ0n) is 5.27. The Morgan fingerprint density at radius 3 is 2.60 bits per heavy atom. The predicted octanol–water partition coefficient (Wildman–Crippen LogP) is 1.94. The lowest BCUT2D eigenvalue weighted by atomic mass is 10.3. The summed E-state index contributed by atoms with van der Waals surface area (Å²) in [6, 6.07) is 1.42. The van der Waals surface area contributed by atoms with E-state index in [4.69, 9.17) is 23.2 Å². The molecule has 0 spiro atoms. The molecule has 54 valence electrons. The van der Waals surface area contributed by atoms with Crippen LogP contribution < -0.4 is 4.73 Å². The summed E-state index contributed by atoms with van der Waals surface area (Å²) in [6.45, 7) is 1.74. The first-order valence-corrected chi connectivity index (χ1v) is 3.41. The van der Waals surface area contributed by atoms with Crippen molar-refractivity contribution < 1.29 is 4.73 Å². The molecule has 0 amide bonds. The van der Waals surface area contributed by atoms with E-state index in [1.165, 1.54) is 12.3 Å². The number of hydrogen-bond acceptors (Lipinski definition) is 1. The molecule has 4 heteroatoms. The average Bonchev–Trinajstić information content (AvgIpc) is 1.84. The number of aryl methyl sites for hydroxylation is 1. The Morgan fingerprint density at radius 1 is 1.50 bits per heavy atom. The second-order valence-corrected chi connectivity index (χ2v) is 2.75. The standard InChI is InChI=1S/C6H5Cl2NO/c1-4-3-9(10)6(8)2-5(4)7/h2-3H,1H3. The molecule has 0 aromatic carbocycles. The maximum atomic E-state index is 10.7. The number of nitrogens with zero attached hydrogens (tertiary/aromatic N) is 1. The highest BCUT2D eigenvalue weighted by Crippen LogP contribution is 2.15. The van der Waals surface area contributed by atoms with Crippen LogP contribution in [-0.4, -0.2) is 0 Å². The van der Waals surface area contributed by atoms with Gasteiger partial charge in [0.25, 0.3) is 5.15 Å². The van der Waals surface area contributed by atoms with Crippen LogP contribution in [-0.2, 0) is 0 Å². The van der Waals surface area contributed by atoms with Gasteiger partial charge in [0, 0.05) is 11.6 Å². The van der Waals surface area contributed by atoms with Gasteiger partial charge in [-0.3, -0.25) is 0 Å². The van der Waals surface area contributed by atoms with Gasteiger partial charge in [0.1, 0.15) is 0 Å². The Labute approximate surface area is 68.6 Å². The van der Waals surface area contributed by atoms with Crippen molar-refractivity contribution in [1.82, 2.24) is 0 Å². The molecule has 0 fully saturated rings. The van der Waals surface area contributed by atoms with Crippen LogP contribution in [0.3, 0.4) is 0 Å². The predicted molar refractivity (Wildman–Crippen MR) is 40.2 cm³/mol. The van der Waals surface area contributed by atoms with Gasteiger partial charge in [0.2, 0.25) is 0 Å². The lowest BCUT2D eigenvalue weighted by molar-refractivity contribution is -0.603. The van der Waals surface area contributed by atoms with Gasteiger partial charge >= 0.3 is 0 Å². The molecule has 1 heterocycles. The Balaban J connectivity index is 3.28. The fourth-order valence-corrected chi connectivity index (χ4v) is 0.947. The molecule has 1 rings (SSSR count). The second kappa shape index (κ2) is 2.64. The molecule has 0 aliphatic rings. The zero-order chi connectivity index (χ0) is 7.72. The fourth-order valence-electron chi connectivity index (χ4n) is 0.581. The van der Waals surface area contributed by atoms with E-state index in [1.807, 2.05) is 0 Å². The van der Waals surface area contributed by atoms with Crippen molar-refractivity contribution in [2.45, 2.75) is 6.92 Å². The molecular weight excluding hydrogens is 173 g/mol. The molecule has 10 heavy (non-hydrogen) atoms. The number of aromatic nitrogens is 1. The number of rotatable bonds is 0. The first-order valence-electron chi connectivity index (χ1n) is 2.66. The van der Waals surface area contributed by atoms with Crippen molar-refractivity contribution in [2.24, 2.45) is 0 Å². The minimum absolute atomic E-state index is 0.0931.